The van der Waals surface area contributed by atoms with Crippen LogP contribution in [0.5, 0.6) is 0 Å². The molecule has 16 heavy (non-hydrogen) atoms. The van der Waals surface area contributed by atoms with Gasteiger partial charge in [-0.1, -0.05) is 11.6 Å². The Morgan fingerprint density at radius 3 is 2.19 bits per heavy atom. The molecule has 1 N–H and O–H groups in total. The summed E-state index contributed by atoms with van der Waals surface area (Å²) in [5.74, 6) is 0. The van der Waals surface area contributed by atoms with Crippen LogP contribution < -0.4 is 4.72 Å². The van der Waals surface area contributed by atoms with Crippen LogP contribution >= 0.6 is 11.6 Å². The fourth-order valence-corrected chi connectivity index (χ4v) is 3.39. The Kier molecular flexibility index (Phi) is 3.43. The minimum atomic E-state index is -3.55. The van der Waals surface area contributed by atoms with E-state index in [0.29, 0.717) is 0 Å². The Hall–Kier alpha value is -0.520. The van der Waals surface area contributed by atoms with E-state index in [2.05, 4.69) is 4.72 Å². The van der Waals surface area contributed by atoms with Crippen LogP contribution in [0.3, 0.4) is 0 Å². The molecular formula is C10H17ClN2O2S. The van der Waals surface area contributed by atoms with Crippen molar-refractivity contribution >= 4 is 21.6 Å². The highest BCUT2D eigenvalue weighted by Gasteiger charge is 2.26. The van der Waals surface area contributed by atoms with Crippen LogP contribution in [-0.4, -0.2) is 18.5 Å². The second-order valence-electron chi connectivity index (χ2n) is 4.86. The molecule has 0 saturated carbocycles. The Bertz CT molecular complexity index is 498. The molecule has 0 aromatic carbocycles. The van der Waals surface area contributed by atoms with Gasteiger partial charge in [0.25, 0.3) is 0 Å². The van der Waals surface area contributed by atoms with Crippen LogP contribution in [0.2, 0.25) is 5.02 Å². The molecule has 0 aliphatic carbocycles. The molecule has 1 heterocycles. The molecule has 0 spiro atoms. The molecule has 0 fully saturated rings. The van der Waals surface area contributed by atoms with Crippen LogP contribution in [0.1, 0.15) is 26.5 Å². The number of nitrogens with zero attached hydrogens (tertiary/aromatic N) is 1. The summed E-state index contributed by atoms with van der Waals surface area (Å²) in [6.07, 6.45) is 1.52. The number of hydrogen-bond acceptors (Lipinski definition) is 2. The third-order valence-corrected chi connectivity index (χ3v) is 4.46. The summed E-state index contributed by atoms with van der Waals surface area (Å²) in [5, 5.41) is 0.277. The Morgan fingerprint density at radius 2 is 1.88 bits per heavy atom. The predicted octanol–water partition coefficient (Wildman–Crippen LogP) is 2.06. The number of halogens is 1. The Labute approximate surface area is 102 Å². The zero-order valence-electron chi connectivity index (χ0n) is 10.1. The van der Waals surface area contributed by atoms with E-state index in [1.807, 2.05) is 0 Å². The molecule has 92 valence electrons. The molecule has 1 aromatic rings. The molecule has 1 rings (SSSR count). The van der Waals surface area contributed by atoms with Crippen molar-refractivity contribution in [2.75, 3.05) is 0 Å². The topological polar surface area (TPSA) is 51.1 Å². The largest absolute Gasteiger partial charge is 0.352 e. The first-order chi connectivity index (χ1) is 7.04. The summed E-state index contributed by atoms with van der Waals surface area (Å²) in [7, 11) is -1.79. The van der Waals surface area contributed by atoms with E-state index in [9.17, 15) is 8.42 Å². The highest BCUT2D eigenvalue weighted by Crippen LogP contribution is 2.26. The number of aromatic nitrogens is 1. The van der Waals surface area contributed by atoms with Crippen molar-refractivity contribution in [2.45, 2.75) is 38.1 Å². The van der Waals surface area contributed by atoms with Gasteiger partial charge in [0, 0.05) is 24.5 Å². The number of rotatable bonds is 2. The average Bonchev–Trinajstić information content (AvgIpc) is 2.29. The first kappa shape index (κ1) is 13.5. The lowest BCUT2D eigenvalue weighted by atomic mass is 10.1. The van der Waals surface area contributed by atoms with Gasteiger partial charge in [0.2, 0.25) is 10.0 Å². The van der Waals surface area contributed by atoms with Crippen LogP contribution in [0.4, 0.5) is 0 Å². The smallest absolute Gasteiger partial charge is 0.244 e. The maximum absolute atomic E-state index is 12.0. The highest BCUT2D eigenvalue weighted by molar-refractivity contribution is 7.89. The first-order valence-corrected chi connectivity index (χ1v) is 6.76. The van der Waals surface area contributed by atoms with Crippen LogP contribution in [0.25, 0.3) is 0 Å². The maximum Gasteiger partial charge on any atom is 0.244 e. The van der Waals surface area contributed by atoms with Gasteiger partial charge in [-0.2, -0.15) is 0 Å². The third-order valence-electron chi connectivity index (χ3n) is 2.10. The Balaban J connectivity index is 3.24. The summed E-state index contributed by atoms with van der Waals surface area (Å²) in [6.45, 7) is 7.13. The van der Waals surface area contributed by atoms with Crippen LogP contribution in [0.15, 0.2) is 11.1 Å². The molecule has 0 aliphatic heterocycles. The second-order valence-corrected chi connectivity index (χ2v) is 6.89. The summed E-state index contributed by atoms with van der Waals surface area (Å²) in [4.78, 5) is 0.129. The molecule has 0 saturated heterocycles. The van der Waals surface area contributed by atoms with Gasteiger partial charge in [-0.05, 0) is 27.7 Å². The van der Waals surface area contributed by atoms with E-state index < -0.39 is 15.6 Å². The number of aryl methyl sites for hydroxylation is 1. The van der Waals surface area contributed by atoms with Gasteiger partial charge in [-0.3, -0.25) is 0 Å². The van der Waals surface area contributed by atoms with E-state index in [1.54, 1.807) is 39.3 Å². The van der Waals surface area contributed by atoms with Crippen molar-refractivity contribution in [3.8, 4) is 0 Å². The van der Waals surface area contributed by atoms with Gasteiger partial charge in [-0.15, -0.1) is 0 Å². The normalized spacial score (nSPS) is 13.1. The number of sulfonamides is 1. The molecule has 0 bridgehead atoms. The molecule has 0 atom stereocenters. The molecule has 0 amide bonds. The average molecular weight is 265 g/mol. The van der Waals surface area contributed by atoms with E-state index >= 15 is 0 Å². The predicted molar refractivity (Wildman–Crippen MR) is 65.2 cm³/mol. The minimum absolute atomic E-state index is 0.129. The molecule has 1 aromatic heterocycles. The Morgan fingerprint density at radius 1 is 1.38 bits per heavy atom. The molecule has 0 unspecified atom stereocenters. The first-order valence-electron chi connectivity index (χ1n) is 4.90. The molecule has 0 aliphatic rings. The van der Waals surface area contributed by atoms with Crippen molar-refractivity contribution in [3.05, 3.63) is 16.9 Å². The molecular weight excluding hydrogens is 248 g/mol. The van der Waals surface area contributed by atoms with Crippen LogP contribution in [0, 0.1) is 6.92 Å². The van der Waals surface area contributed by atoms with Gasteiger partial charge in [0.05, 0.1) is 5.02 Å². The van der Waals surface area contributed by atoms with Gasteiger partial charge in [0.15, 0.2) is 0 Å². The lowest BCUT2D eigenvalue weighted by Crippen LogP contribution is -2.40. The molecule has 6 heteroatoms. The van der Waals surface area contributed by atoms with Crippen molar-refractivity contribution in [1.29, 1.82) is 0 Å². The van der Waals surface area contributed by atoms with E-state index in [-0.39, 0.29) is 9.92 Å². The van der Waals surface area contributed by atoms with Crippen molar-refractivity contribution in [2.24, 2.45) is 7.05 Å². The summed E-state index contributed by atoms with van der Waals surface area (Å²) in [6, 6.07) is 0. The minimum Gasteiger partial charge on any atom is -0.352 e. The lowest BCUT2D eigenvalue weighted by molar-refractivity contribution is 0.491. The fourth-order valence-electron chi connectivity index (χ4n) is 1.31. The SMILES string of the molecule is Cc1c(Cl)c(S(=O)(=O)NC(C)(C)C)cn1C. The van der Waals surface area contributed by atoms with Crippen molar-refractivity contribution in [1.82, 2.24) is 9.29 Å². The summed E-state index contributed by atoms with van der Waals surface area (Å²) in [5.41, 5.74) is 0.210. The second kappa shape index (κ2) is 4.05. The van der Waals surface area contributed by atoms with Crippen molar-refractivity contribution in [3.63, 3.8) is 0 Å². The molecule has 4 nitrogen and oxygen atoms in total. The van der Waals surface area contributed by atoms with Gasteiger partial charge >= 0.3 is 0 Å². The lowest BCUT2D eigenvalue weighted by Gasteiger charge is -2.19. The van der Waals surface area contributed by atoms with E-state index in [4.69, 9.17) is 11.6 Å². The maximum atomic E-state index is 12.0. The van der Waals surface area contributed by atoms with Gasteiger partial charge in [-0.25, -0.2) is 13.1 Å². The quantitative estimate of drug-likeness (QED) is 0.889. The fraction of sp³-hybridized carbons (Fsp3) is 0.600. The number of nitrogens with one attached hydrogen (secondary N) is 1. The van der Waals surface area contributed by atoms with Gasteiger partial charge < -0.3 is 4.57 Å². The zero-order valence-corrected chi connectivity index (χ0v) is 11.7. The highest BCUT2D eigenvalue weighted by atomic mass is 35.5. The zero-order chi connectivity index (χ0) is 12.7. The van der Waals surface area contributed by atoms with Crippen molar-refractivity contribution < 1.29 is 8.42 Å². The van der Waals surface area contributed by atoms with Gasteiger partial charge in [0.1, 0.15) is 4.90 Å². The third kappa shape index (κ3) is 2.78. The summed E-state index contributed by atoms with van der Waals surface area (Å²) >= 11 is 5.99. The monoisotopic (exact) mass is 264 g/mol. The van der Waals surface area contributed by atoms with E-state index in [1.165, 1.54) is 6.20 Å². The summed E-state index contributed by atoms with van der Waals surface area (Å²) < 4.78 is 28.3. The standard InChI is InChI=1S/C10H17ClN2O2S/c1-7-9(11)8(6-13(7)5)16(14,15)12-10(2,3)4/h6,12H,1-5H3. The number of hydrogen-bond donors (Lipinski definition) is 1. The van der Waals surface area contributed by atoms with E-state index in [0.717, 1.165) is 5.69 Å². The molecule has 0 radical (unpaired) electrons. The van der Waals surface area contributed by atoms with Crippen LogP contribution in [-0.2, 0) is 17.1 Å².